The molecule has 0 aliphatic carbocycles. The van der Waals surface area contributed by atoms with Gasteiger partial charge in [0.25, 0.3) is 0 Å². The SMILES string of the molecule is CC(C)N(Cc1cnc[nH]1)c1ccc2c(c1)OC(F)(F)C(F)(F)O2. The standard InChI is InChI=1S/C15H15F4N3O2/c1-9(2)22(7-10-6-20-8-21-10)11-3-4-12-13(5-11)24-15(18,19)14(16,17)23-12/h3-6,8-9H,7H2,1-2H3,(H,20,21). The van der Waals surface area contributed by atoms with Crippen molar-refractivity contribution in [2.75, 3.05) is 4.90 Å². The molecular formula is C15H15F4N3O2. The average Bonchev–Trinajstić information content (AvgIpc) is 2.98. The van der Waals surface area contributed by atoms with Crippen LogP contribution in [0, 0.1) is 0 Å². The molecule has 0 fully saturated rings. The van der Waals surface area contributed by atoms with Crippen molar-refractivity contribution in [2.45, 2.75) is 38.7 Å². The number of alkyl halides is 4. The molecule has 0 bridgehead atoms. The number of hydrogen-bond donors (Lipinski definition) is 1. The predicted molar refractivity (Wildman–Crippen MR) is 77.5 cm³/mol. The first kappa shape index (κ1) is 16.4. The Morgan fingerprint density at radius 2 is 1.79 bits per heavy atom. The van der Waals surface area contributed by atoms with Crippen molar-refractivity contribution in [1.29, 1.82) is 0 Å². The van der Waals surface area contributed by atoms with Gasteiger partial charge in [0, 0.05) is 24.0 Å². The highest BCUT2D eigenvalue weighted by Crippen LogP contribution is 2.48. The van der Waals surface area contributed by atoms with Crippen molar-refractivity contribution in [3.8, 4) is 11.5 Å². The zero-order valence-corrected chi connectivity index (χ0v) is 12.9. The maximum Gasteiger partial charge on any atom is 0.507 e. The molecule has 3 rings (SSSR count). The average molecular weight is 345 g/mol. The molecule has 0 saturated heterocycles. The molecule has 1 aromatic carbocycles. The van der Waals surface area contributed by atoms with Gasteiger partial charge in [0.1, 0.15) is 0 Å². The molecule has 0 amide bonds. The molecular weight excluding hydrogens is 330 g/mol. The first-order chi connectivity index (χ1) is 11.2. The second-order valence-corrected chi connectivity index (χ2v) is 5.67. The highest BCUT2D eigenvalue weighted by atomic mass is 19.3. The summed E-state index contributed by atoms with van der Waals surface area (Å²) < 4.78 is 61.3. The Morgan fingerprint density at radius 1 is 1.12 bits per heavy atom. The maximum absolute atomic E-state index is 13.3. The van der Waals surface area contributed by atoms with Crippen molar-refractivity contribution in [3.63, 3.8) is 0 Å². The fraction of sp³-hybridized carbons (Fsp3) is 0.400. The minimum atomic E-state index is -4.73. The molecule has 0 unspecified atom stereocenters. The molecule has 1 aliphatic rings. The van der Waals surface area contributed by atoms with E-state index in [0.717, 1.165) is 5.69 Å². The van der Waals surface area contributed by atoms with Crippen molar-refractivity contribution in [3.05, 3.63) is 36.4 Å². The molecule has 24 heavy (non-hydrogen) atoms. The molecule has 1 N–H and O–H groups in total. The Labute approximate surface area is 135 Å². The number of fused-ring (bicyclic) bond motifs is 1. The molecule has 130 valence electrons. The fourth-order valence-electron chi connectivity index (χ4n) is 2.36. The number of imidazole rings is 1. The summed E-state index contributed by atoms with van der Waals surface area (Å²) in [7, 11) is 0. The molecule has 0 saturated carbocycles. The van der Waals surface area contributed by atoms with E-state index in [2.05, 4.69) is 19.4 Å². The summed E-state index contributed by atoms with van der Waals surface area (Å²) >= 11 is 0. The Morgan fingerprint density at radius 3 is 2.38 bits per heavy atom. The van der Waals surface area contributed by atoms with Crippen LogP contribution in [0.1, 0.15) is 19.5 Å². The summed E-state index contributed by atoms with van der Waals surface area (Å²) in [5.74, 6) is -0.862. The third-order valence-electron chi connectivity index (χ3n) is 3.59. The Hall–Kier alpha value is -2.45. The smallest absolute Gasteiger partial charge is 0.421 e. The molecule has 5 nitrogen and oxygen atoms in total. The molecule has 0 spiro atoms. The number of aromatic amines is 1. The number of halogens is 4. The van der Waals surface area contributed by atoms with E-state index in [1.54, 1.807) is 6.20 Å². The van der Waals surface area contributed by atoms with Crippen molar-refractivity contribution < 1.29 is 27.0 Å². The highest BCUT2D eigenvalue weighted by Gasteiger charge is 2.65. The second kappa shape index (κ2) is 5.57. The van der Waals surface area contributed by atoms with Gasteiger partial charge in [-0.15, -0.1) is 0 Å². The second-order valence-electron chi connectivity index (χ2n) is 5.67. The minimum Gasteiger partial charge on any atom is -0.421 e. The molecule has 2 aromatic rings. The van der Waals surface area contributed by atoms with Crippen LogP contribution >= 0.6 is 0 Å². The van der Waals surface area contributed by atoms with Gasteiger partial charge in [-0.1, -0.05) is 0 Å². The number of nitrogens with one attached hydrogen (secondary N) is 1. The lowest BCUT2D eigenvalue weighted by Crippen LogP contribution is -2.52. The number of ether oxygens (including phenoxy) is 2. The molecule has 2 heterocycles. The number of H-pyrrole nitrogens is 1. The number of benzene rings is 1. The first-order valence-corrected chi connectivity index (χ1v) is 7.21. The van der Waals surface area contributed by atoms with Crippen LogP contribution in [0.3, 0.4) is 0 Å². The van der Waals surface area contributed by atoms with Crippen LogP contribution in [-0.4, -0.2) is 28.2 Å². The number of aromatic nitrogens is 2. The highest BCUT2D eigenvalue weighted by molar-refractivity contribution is 5.57. The quantitative estimate of drug-likeness (QED) is 0.857. The normalized spacial score (nSPS) is 17.8. The lowest BCUT2D eigenvalue weighted by Gasteiger charge is -2.34. The van der Waals surface area contributed by atoms with Gasteiger partial charge in [0.05, 0.1) is 18.6 Å². The number of rotatable bonds is 4. The minimum absolute atomic E-state index is 0.0119. The van der Waals surface area contributed by atoms with Gasteiger partial charge in [0.2, 0.25) is 0 Å². The van der Waals surface area contributed by atoms with Gasteiger partial charge in [0.15, 0.2) is 11.5 Å². The third kappa shape index (κ3) is 2.85. The molecule has 1 aliphatic heterocycles. The monoisotopic (exact) mass is 345 g/mol. The van der Waals surface area contributed by atoms with E-state index < -0.39 is 23.7 Å². The van der Waals surface area contributed by atoms with E-state index in [9.17, 15) is 17.6 Å². The summed E-state index contributed by atoms with van der Waals surface area (Å²) in [6.07, 6.45) is -6.28. The van der Waals surface area contributed by atoms with E-state index in [1.807, 2.05) is 18.7 Å². The van der Waals surface area contributed by atoms with Crippen LogP contribution in [0.2, 0.25) is 0 Å². The van der Waals surface area contributed by atoms with Gasteiger partial charge < -0.3 is 19.4 Å². The maximum atomic E-state index is 13.3. The fourth-order valence-corrected chi connectivity index (χ4v) is 2.36. The van der Waals surface area contributed by atoms with E-state index in [-0.39, 0.29) is 6.04 Å². The Kier molecular flexibility index (Phi) is 3.81. The van der Waals surface area contributed by atoms with Crippen LogP contribution in [0.5, 0.6) is 11.5 Å². The largest absolute Gasteiger partial charge is 0.507 e. The van der Waals surface area contributed by atoms with Crippen molar-refractivity contribution in [2.24, 2.45) is 0 Å². The molecule has 0 atom stereocenters. The number of hydrogen-bond acceptors (Lipinski definition) is 4. The number of nitrogens with zero attached hydrogens (tertiary/aromatic N) is 2. The van der Waals surface area contributed by atoms with Crippen LogP contribution in [0.4, 0.5) is 23.2 Å². The zero-order valence-electron chi connectivity index (χ0n) is 12.9. The summed E-state index contributed by atoms with van der Waals surface area (Å²) in [6, 6.07) is 3.97. The zero-order chi connectivity index (χ0) is 17.5. The Bertz CT molecular complexity index is 720. The summed E-state index contributed by atoms with van der Waals surface area (Å²) in [6.45, 7) is 4.26. The van der Waals surface area contributed by atoms with Crippen LogP contribution in [0.25, 0.3) is 0 Å². The Balaban J connectivity index is 1.92. The van der Waals surface area contributed by atoms with Crippen LogP contribution in [0.15, 0.2) is 30.7 Å². The van der Waals surface area contributed by atoms with Crippen LogP contribution in [-0.2, 0) is 6.54 Å². The first-order valence-electron chi connectivity index (χ1n) is 7.21. The number of anilines is 1. The van der Waals surface area contributed by atoms with Crippen molar-refractivity contribution in [1.82, 2.24) is 9.97 Å². The lowest BCUT2D eigenvalue weighted by molar-refractivity contribution is -0.391. The molecule has 0 radical (unpaired) electrons. The van der Waals surface area contributed by atoms with Gasteiger partial charge in [-0.25, -0.2) is 4.98 Å². The summed E-state index contributed by atoms with van der Waals surface area (Å²) in [5.41, 5.74) is 1.35. The van der Waals surface area contributed by atoms with Gasteiger partial charge in [-0.05, 0) is 26.0 Å². The molecule has 9 heteroatoms. The van der Waals surface area contributed by atoms with Gasteiger partial charge in [-0.2, -0.15) is 17.6 Å². The molecule has 1 aromatic heterocycles. The topological polar surface area (TPSA) is 50.4 Å². The predicted octanol–water partition coefficient (Wildman–Crippen LogP) is 3.78. The third-order valence-corrected chi connectivity index (χ3v) is 3.59. The lowest BCUT2D eigenvalue weighted by atomic mass is 10.2. The summed E-state index contributed by atoms with van der Waals surface area (Å²) in [4.78, 5) is 8.75. The van der Waals surface area contributed by atoms with Gasteiger partial charge >= 0.3 is 12.2 Å². The summed E-state index contributed by atoms with van der Waals surface area (Å²) in [5, 5.41) is 0. The van der Waals surface area contributed by atoms with Gasteiger partial charge in [-0.3, -0.25) is 0 Å². The van der Waals surface area contributed by atoms with Crippen LogP contribution < -0.4 is 14.4 Å². The van der Waals surface area contributed by atoms with E-state index in [4.69, 9.17) is 0 Å². The van der Waals surface area contributed by atoms with Crippen molar-refractivity contribution >= 4 is 5.69 Å². The van der Waals surface area contributed by atoms with E-state index >= 15 is 0 Å². The van der Waals surface area contributed by atoms with E-state index in [0.29, 0.717) is 12.2 Å². The van der Waals surface area contributed by atoms with E-state index in [1.165, 1.54) is 24.5 Å².